The molecule has 1 aromatic carbocycles. The predicted octanol–water partition coefficient (Wildman–Crippen LogP) is 1.77. The molecule has 2 rings (SSSR count). The maximum absolute atomic E-state index is 12.4. The average molecular weight is 347 g/mol. The lowest BCUT2D eigenvalue weighted by molar-refractivity contribution is 0.428. The van der Waals surface area contributed by atoms with E-state index in [1.807, 2.05) is 11.8 Å². The maximum Gasteiger partial charge on any atom is 0.291 e. The number of aromatic hydroxyl groups is 1. The minimum absolute atomic E-state index is 0.183. The molecular formula is C16H17N3O4S. The standard InChI is InChI=1S/C16H17N3O4S/c1-2-3-9-24(22,23)18-19-15(20)10-13(14(11-17)16(19)21)12-7-5-4-6-8-12/h4-8,10,18,20H,2-3,9H2,1H3. The van der Waals surface area contributed by atoms with E-state index in [0.29, 0.717) is 23.1 Å². The van der Waals surface area contributed by atoms with Gasteiger partial charge in [-0.2, -0.15) is 9.94 Å². The Balaban J connectivity index is 2.54. The van der Waals surface area contributed by atoms with Crippen molar-refractivity contribution in [2.75, 3.05) is 10.6 Å². The van der Waals surface area contributed by atoms with E-state index < -0.39 is 21.5 Å². The smallest absolute Gasteiger partial charge is 0.291 e. The molecule has 0 unspecified atom stereocenters. The molecule has 0 bridgehead atoms. The number of nitriles is 1. The first-order valence-electron chi connectivity index (χ1n) is 7.34. The fraction of sp³-hybridized carbons (Fsp3) is 0.250. The van der Waals surface area contributed by atoms with E-state index in [9.17, 15) is 23.6 Å². The second-order valence-electron chi connectivity index (χ2n) is 5.17. The van der Waals surface area contributed by atoms with Crippen LogP contribution < -0.4 is 10.4 Å². The molecule has 0 aliphatic carbocycles. The van der Waals surface area contributed by atoms with E-state index in [1.165, 1.54) is 6.07 Å². The lowest BCUT2D eigenvalue weighted by Crippen LogP contribution is -2.35. The van der Waals surface area contributed by atoms with Crippen LogP contribution in [0.15, 0.2) is 41.2 Å². The molecule has 0 spiro atoms. The van der Waals surface area contributed by atoms with E-state index in [-0.39, 0.29) is 16.9 Å². The quantitative estimate of drug-likeness (QED) is 0.827. The van der Waals surface area contributed by atoms with Crippen LogP contribution in [0.5, 0.6) is 5.88 Å². The van der Waals surface area contributed by atoms with Crippen LogP contribution in [0.1, 0.15) is 25.3 Å². The molecule has 0 saturated carbocycles. The van der Waals surface area contributed by atoms with Crippen molar-refractivity contribution >= 4 is 10.0 Å². The Morgan fingerprint density at radius 1 is 1.29 bits per heavy atom. The van der Waals surface area contributed by atoms with Gasteiger partial charge in [0.25, 0.3) is 5.56 Å². The summed E-state index contributed by atoms with van der Waals surface area (Å²) in [6.45, 7) is 1.83. The second kappa shape index (κ2) is 7.19. The molecule has 7 nitrogen and oxygen atoms in total. The monoisotopic (exact) mass is 347 g/mol. The van der Waals surface area contributed by atoms with Crippen molar-refractivity contribution in [2.45, 2.75) is 19.8 Å². The Morgan fingerprint density at radius 2 is 1.96 bits per heavy atom. The number of sulfonamides is 1. The minimum atomic E-state index is -3.80. The summed E-state index contributed by atoms with van der Waals surface area (Å²) in [7, 11) is -3.80. The lowest BCUT2D eigenvalue weighted by Gasteiger charge is -2.14. The Hall–Kier alpha value is -2.79. The van der Waals surface area contributed by atoms with Crippen LogP contribution in [0.25, 0.3) is 11.1 Å². The first-order chi connectivity index (χ1) is 11.4. The minimum Gasteiger partial charge on any atom is -0.493 e. The maximum atomic E-state index is 12.4. The van der Waals surface area contributed by atoms with Crippen molar-refractivity contribution in [3.8, 4) is 23.1 Å². The fourth-order valence-electron chi connectivity index (χ4n) is 2.16. The van der Waals surface area contributed by atoms with E-state index in [1.54, 1.807) is 36.4 Å². The normalized spacial score (nSPS) is 11.0. The summed E-state index contributed by atoms with van der Waals surface area (Å²) in [5, 5.41) is 19.4. The highest BCUT2D eigenvalue weighted by Crippen LogP contribution is 2.24. The molecule has 126 valence electrons. The van der Waals surface area contributed by atoms with Crippen LogP contribution in [0.2, 0.25) is 0 Å². The van der Waals surface area contributed by atoms with Gasteiger partial charge in [-0.05, 0) is 12.0 Å². The van der Waals surface area contributed by atoms with Gasteiger partial charge in [0.2, 0.25) is 15.9 Å². The highest BCUT2D eigenvalue weighted by molar-refractivity contribution is 7.92. The molecule has 24 heavy (non-hydrogen) atoms. The summed E-state index contributed by atoms with van der Waals surface area (Å²) in [6.07, 6.45) is 1.08. The third-order valence-electron chi connectivity index (χ3n) is 3.38. The highest BCUT2D eigenvalue weighted by Gasteiger charge is 2.19. The van der Waals surface area contributed by atoms with Crippen LogP contribution in [-0.4, -0.2) is 24.0 Å². The number of benzene rings is 1. The number of hydrogen-bond donors (Lipinski definition) is 2. The summed E-state index contributed by atoms with van der Waals surface area (Å²) >= 11 is 0. The molecule has 0 fully saturated rings. The largest absolute Gasteiger partial charge is 0.493 e. The van der Waals surface area contributed by atoms with Crippen LogP contribution in [0.3, 0.4) is 0 Å². The summed E-state index contributed by atoms with van der Waals surface area (Å²) in [5.74, 6) is -0.768. The number of hydrogen-bond acceptors (Lipinski definition) is 5. The molecule has 0 saturated heterocycles. The van der Waals surface area contributed by atoms with Gasteiger partial charge < -0.3 is 5.11 Å². The van der Waals surface area contributed by atoms with Gasteiger partial charge >= 0.3 is 0 Å². The first kappa shape index (κ1) is 17.6. The second-order valence-corrected chi connectivity index (χ2v) is 6.99. The number of rotatable bonds is 6. The molecule has 0 radical (unpaired) electrons. The Morgan fingerprint density at radius 3 is 2.54 bits per heavy atom. The summed E-state index contributed by atoms with van der Waals surface area (Å²) in [4.78, 5) is 14.4. The van der Waals surface area contributed by atoms with Crippen LogP contribution in [0.4, 0.5) is 0 Å². The summed E-state index contributed by atoms with van der Waals surface area (Å²) in [6, 6.07) is 11.6. The fourth-order valence-corrected chi connectivity index (χ4v) is 3.37. The molecule has 2 N–H and O–H groups in total. The molecule has 0 aliphatic rings. The third-order valence-corrected chi connectivity index (χ3v) is 4.67. The van der Waals surface area contributed by atoms with Gasteiger partial charge in [0.15, 0.2) is 0 Å². The van der Waals surface area contributed by atoms with Gasteiger partial charge in [0, 0.05) is 11.6 Å². The first-order valence-corrected chi connectivity index (χ1v) is 9.00. The zero-order valence-electron chi connectivity index (χ0n) is 13.1. The zero-order valence-corrected chi connectivity index (χ0v) is 13.9. The number of aromatic nitrogens is 1. The SMILES string of the molecule is CCCCS(=O)(=O)Nn1c(O)cc(-c2ccccc2)c(C#N)c1=O. The average Bonchev–Trinajstić information content (AvgIpc) is 2.57. The van der Waals surface area contributed by atoms with Gasteiger partial charge in [-0.15, -0.1) is 0 Å². The Labute approximate surface area is 139 Å². The van der Waals surface area contributed by atoms with E-state index in [0.717, 1.165) is 0 Å². The topological polar surface area (TPSA) is 112 Å². The van der Waals surface area contributed by atoms with Crippen molar-refractivity contribution in [3.05, 3.63) is 52.3 Å². The van der Waals surface area contributed by atoms with Crippen LogP contribution >= 0.6 is 0 Å². The number of pyridine rings is 1. The van der Waals surface area contributed by atoms with Gasteiger partial charge in [-0.3, -0.25) is 4.79 Å². The summed E-state index contributed by atoms with van der Waals surface area (Å²) < 4.78 is 24.4. The summed E-state index contributed by atoms with van der Waals surface area (Å²) in [5.41, 5.74) is -0.360. The highest BCUT2D eigenvalue weighted by atomic mass is 32.2. The van der Waals surface area contributed by atoms with Gasteiger partial charge in [0.1, 0.15) is 11.6 Å². The molecule has 1 aromatic heterocycles. The van der Waals surface area contributed by atoms with Crippen molar-refractivity contribution in [1.82, 2.24) is 4.68 Å². The molecule has 8 heteroatoms. The molecule has 0 amide bonds. The molecule has 0 aliphatic heterocycles. The van der Waals surface area contributed by atoms with Crippen LogP contribution in [-0.2, 0) is 10.0 Å². The van der Waals surface area contributed by atoms with Crippen LogP contribution in [0, 0.1) is 11.3 Å². The Kier molecular flexibility index (Phi) is 5.26. The Bertz CT molecular complexity index is 928. The van der Waals surface area contributed by atoms with E-state index >= 15 is 0 Å². The van der Waals surface area contributed by atoms with E-state index in [2.05, 4.69) is 0 Å². The molecule has 1 heterocycles. The van der Waals surface area contributed by atoms with E-state index in [4.69, 9.17) is 0 Å². The van der Waals surface area contributed by atoms with Crippen molar-refractivity contribution in [2.24, 2.45) is 0 Å². The third kappa shape index (κ3) is 3.75. The van der Waals surface area contributed by atoms with Crippen molar-refractivity contribution in [1.29, 1.82) is 5.26 Å². The van der Waals surface area contributed by atoms with Crippen molar-refractivity contribution < 1.29 is 13.5 Å². The predicted molar refractivity (Wildman–Crippen MR) is 90.6 cm³/mol. The number of unbranched alkanes of at least 4 members (excludes halogenated alkanes) is 1. The number of nitrogens with zero attached hydrogens (tertiary/aromatic N) is 2. The molecule has 2 aromatic rings. The lowest BCUT2D eigenvalue weighted by atomic mass is 10.0. The van der Waals surface area contributed by atoms with Crippen molar-refractivity contribution in [3.63, 3.8) is 0 Å². The molecule has 0 atom stereocenters. The van der Waals surface area contributed by atoms with Gasteiger partial charge in [0.05, 0.1) is 5.75 Å². The van der Waals surface area contributed by atoms with Gasteiger partial charge in [-0.25, -0.2) is 13.2 Å². The number of nitrogens with one attached hydrogen (secondary N) is 1. The molecular weight excluding hydrogens is 330 g/mol. The van der Waals surface area contributed by atoms with Gasteiger partial charge in [-0.1, -0.05) is 43.7 Å². The zero-order chi connectivity index (χ0) is 17.7.